The van der Waals surface area contributed by atoms with Crippen molar-refractivity contribution in [1.29, 1.82) is 0 Å². The van der Waals surface area contributed by atoms with Crippen LogP contribution in [0.1, 0.15) is 46.2 Å². The molecule has 0 atom stereocenters. The number of nitrogens with two attached hydrogens (primary N) is 1. The molecule has 0 aliphatic rings. The van der Waals surface area contributed by atoms with Crippen molar-refractivity contribution in [1.82, 2.24) is 29.5 Å². The van der Waals surface area contributed by atoms with Crippen molar-refractivity contribution in [3.05, 3.63) is 39.4 Å². The molecule has 3 rings (SSSR count). The van der Waals surface area contributed by atoms with E-state index in [-0.39, 0.29) is 42.2 Å². The molecule has 0 aliphatic heterocycles. The largest absolute Gasteiger partial charge is 0.461 e. The summed E-state index contributed by atoms with van der Waals surface area (Å²) in [6.45, 7) is 7.27. The Kier molecular flexibility index (Phi) is 6.15. The van der Waals surface area contributed by atoms with Gasteiger partial charge in [-0.25, -0.2) is 14.3 Å². The zero-order valence-electron chi connectivity index (χ0n) is 16.8. The van der Waals surface area contributed by atoms with Gasteiger partial charge >= 0.3 is 11.9 Å². The van der Waals surface area contributed by atoms with Gasteiger partial charge in [0.25, 0.3) is 5.95 Å². The summed E-state index contributed by atoms with van der Waals surface area (Å²) < 4.78 is 13.0. The van der Waals surface area contributed by atoms with Crippen LogP contribution in [0.2, 0.25) is 0 Å². The van der Waals surface area contributed by atoms with Gasteiger partial charge in [0.2, 0.25) is 0 Å². The average Bonchev–Trinajstić information content (AvgIpc) is 3.27. The molecule has 12 heteroatoms. The number of rotatable bonds is 6. The first-order chi connectivity index (χ1) is 14.3. The lowest BCUT2D eigenvalue weighted by molar-refractivity contribution is 0.0506. The van der Waals surface area contributed by atoms with E-state index in [1.165, 1.54) is 9.36 Å². The van der Waals surface area contributed by atoms with Gasteiger partial charge in [-0.3, -0.25) is 0 Å². The third-order valence-corrected chi connectivity index (χ3v) is 4.63. The van der Waals surface area contributed by atoms with Crippen LogP contribution in [0.5, 0.6) is 0 Å². The Labute approximate surface area is 180 Å². The Bertz CT molecular complexity index is 1120. The van der Waals surface area contributed by atoms with E-state index in [0.29, 0.717) is 15.9 Å². The van der Waals surface area contributed by atoms with Crippen LogP contribution in [0.3, 0.4) is 0 Å². The third-order valence-electron chi connectivity index (χ3n) is 3.87. The number of ether oxygens (including phenoxy) is 2. The number of hydrogen-bond donors (Lipinski definition) is 1. The zero-order valence-corrected chi connectivity index (χ0v) is 18.4. The minimum Gasteiger partial charge on any atom is -0.461 e. The number of nitrogen functional groups attached to an aromatic ring is 1. The van der Waals surface area contributed by atoms with Gasteiger partial charge in [0, 0.05) is 0 Å². The molecule has 0 fully saturated rings. The molecule has 0 bridgehead atoms. The van der Waals surface area contributed by atoms with Gasteiger partial charge in [-0.15, -0.1) is 0 Å². The van der Waals surface area contributed by atoms with E-state index in [1.807, 2.05) is 0 Å². The van der Waals surface area contributed by atoms with Crippen molar-refractivity contribution in [3.8, 4) is 11.8 Å². The summed E-state index contributed by atoms with van der Waals surface area (Å²) in [6.07, 6.45) is 0. The molecule has 2 N–H and O–H groups in total. The lowest BCUT2D eigenvalue weighted by Crippen LogP contribution is -2.18. The fraction of sp³-hybridized carbons (Fsp3) is 0.333. The van der Waals surface area contributed by atoms with Gasteiger partial charge in [0.1, 0.15) is 10.3 Å². The lowest BCUT2D eigenvalue weighted by atomic mass is 10.3. The van der Waals surface area contributed by atoms with Crippen LogP contribution in [0.15, 0.2) is 16.6 Å². The number of nitrogens with zero attached hydrogens (tertiary/aromatic N) is 6. The number of esters is 2. The summed E-state index contributed by atoms with van der Waals surface area (Å²) in [4.78, 5) is 33.4. The molecule has 0 spiro atoms. The average molecular weight is 478 g/mol. The molecule has 0 aliphatic carbocycles. The minimum absolute atomic E-state index is 0.0183. The second-order valence-corrected chi connectivity index (χ2v) is 6.95. The van der Waals surface area contributed by atoms with Crippen LogP contribution >= 0.6 is 15.9 Å². The molecule has 158 valence electrons. The van der Waals surface area contributed by atoms with E-state index in [4.69, 9.17) is 15.2 Å². The van der Waals surface area contributed by atoms with Gasteiger partial charge in [-0.2, -0.15) is 24.8 Å². The SMILES string of the molecule is CCOC(=O)c1cc(C)nn1-c1nc(N)c(Br)c(-n2nc(C)cc2C(=O)OCC)n1. The highest BCUT2D eigenvalue weighted by Gasteiger charge is 2.24. The number of hydrogen-bond acceptors (Lipinski definition) is 9. The van der Waals surface area contributed by atoms with Crippen molar-refractivity contribution in [3.63, 3.8) is 0 Å². The van der Waals surface area contributed by atoms with E-state index < -0.39 is 11.9 Å². The lowest BCUT2D eigenvalue weighted by Gasteiger charge is -2.12. The summed E-state index contributed by atoms with van der Waals surface area (Å²) >= 11 is 3.35. The van der Waals surface area contributed by atoms with Crippen LogP contribution in [0, 0.1) is 13.8 Å². The monoisotopic (exact) mass is 477 g/mol. The van der Waals surface area contributed by atoms with Crippen LogP contribution in [-0.2, 0) is 9.47 Å². The highest BCUT2D eigenvalue weighted by molar-refractivity contribution is 9.10. The molecule has 0 amide bonds. The molecule has 0 saturated heterocycles. The standard InChI is InChI=1S/C18H20BrN7O4/c1-5-29-16(27)11-7-9(3)23-25(11)15-13(19)14(20)21-18(22-15)26-12(8-10(4)24-26)17(28)30-6-2/h7-8H,5-6H2,1-4H3,(H2,20,21,22). The van der Waals surface area contributed by atoms with Crippen molar-refractivity contribution in [2.75, 3.05) is 18.9 Å². The highest BCUT2D eigenvalue weighted by atomic mass is 79.9. The van der Waals surface area contributed by atoms with Crippen molar-refractivity contribution in [2.45, 2.75) is 27.7 Å². The fourth-order valence-electron chi connectivity index (χ4n) is 2.69. The summed E-state index contributed by atoms with van der Waals surface area (Å²) in [5.74, 6) is -0.861. The Hall–Kier alpha value is -3.28. The molecule has 3 heterocycles. The van der Waals surface area contributed by atoms with Crippen molar-refractivity contribution in [2.24, 2.45) is 0 Å². The molecule has 0 aromatic carbocycles. The summed E-state index contributed by atoms with van der Waals surface area (Å²) in [6, 6.07) is 3.13. The molecule has 0 saturated carbocycles. The minimum atomic E-state index is -0.577. The van der Waals surface area contributed by atoms with Crippen LogP contribution in [0.25, 0.3) is 11.8 Å². The number of aromatic nitrogens is 6. The number of carbonyl (C=O) groups excluding carboxylic acids is 2. The number of aryl methyl sites for hydroxylation is 2. The van der Waals surface area contributed by atoms with E-state index in [2.05, 4.69) is 36.1 Å². The van der Waals surface area contributed by atoms with E-state index >= 15 is 0 Å². The first-order valence-corrected chi connectivity index (χ1v) is 9.87. The maximum absolute atomic E-state index is 12.4. The normalized spacial score (nSPS) is 10.8. The second-order valence-electron chi connectivity index (χ2n) is 6.15. The molecule has 3 aromatic heterocycles. The Balaban J connectivity index is 2.19. The number of anilines is 1. The predicted molar refractivity (Wildman–Crippen MR) is 110 cm³/mol. The van der Waals surface area contributed by atoms with Crippen molar-refractivity contribution < 1.29 is 19.1 Å². The first kappa shape index (κ1) is 21.4. The predicted octanol–water partition coefficient (Wildman–Crippen LogP) is 2.16. The zero-order chi connectivity index (χ0) is 22.0. The molecular weight excluding hydrogens is 458 g/mol. The number of carbonyl (C=O) groups is 2. The van der Waals surface area contributed by atoms with Crippen molar-refractivity contribution >= 4 is 33.7 Å². The maximum atomic E-state index is 12.4. The Morgan fingerprint density at radius 2 is 1.47 bits per heavy atom. The quantitative estimate of drug-likeness (QED) is 0.528. The maximum Gasteiger partial charge on any atom is 0.357 e. The molecular formula is C18H20BrN7O4. The summed E-state index contributed by atoms with van der Waals surface area (Å²) in [5, 5.41) is 8.61. The molecule has 30 heavy (non-hydrogen) atoms. The smallest absolute Gasteiger partial charge is 0.357 e. The van der Waals surface area contributed by atoms with Gasteiger partial charge in [0.05, 0.1) is 24.6 Å². The molecule has 11 nitrogen and oxygen atoms in total. The van der Waals surface area contributed by atoms with Gasteiger partial charge in [-0.1, -0.05) is 0 Å². The Morgan fingerprint density at radius 3 is 2.00 bits per heavy atom. The van der Waals surface area contributed by atoms with Gasteiger partial charge < -0.3 is 15.2 Å². The van der Waals surface area contributed by atoms with Gasteiger partial charge in [-0.05, 0) is 55.8 Å². The molecule has 0 radical (unpaired) electrons. The van der Waals surface area contributed by atoms with Crippen LogP contribution < -0.4 is 5.73 Å². The van der Waals surface area contributed by atoms with E-state index in [9.17, 15) is 9.59 Å². The topological polar surface area (TPSA) is 140 Å². The fourth-order valence-corrected chi connectivity index (χ4v) is 3.03. The third kappa shape index (κ3) is 4.03. The van der Waals surface area contributed by atoms with E-state index in [1.54, 1.807) is 39.8 Å². The van der Waals surface area contributed by atoms with E-state index in [0.717, 1.165) is 0 Å². The number of halogens is 1. The molecule has 3 aromatic rings. The highest BCUT2D eigenvalue weighted by Crippen LogP contribution is 2.27. The second kappa shape index (κ2) is 8.61. The van der Waals surface area contributed by atoms with Gasteiger partial charge in [0.15, 0.2) is 17.2 Å². The van der Waals surface area contributed by atoms with Crippen LogP contribution in [-0.4, -0.2) is 54.7 Å². The summed E-state index contributed by atoms with van der Waals surface area (Å²) in [5.41, 5.74) is 7.51. The van der Waals surface area contributed by atoms with Crippen LogP contribution in [0.4, 0.5) is 5.82 Å². The molecule has 0 unspecified atom stereocenters. The first-order valence-electron chi connectivity index (χ1n) is 9.08. The Morgan fingerprint density at radius 1 is 0.967 bits per heavy atom. The summed E-state index contributed by atoms with van der Waals surface area (Å²) in [7, 11) is 0.